The fourth-order valence-corrected chi connectivity index (χ4v) is 4.76. The van der Waals surface area contributed by atoms with Crippen LogP contribution in [0.2, 0.25) is 0 Å². The Morgan fingerprint density at radius 1 is 1.03 bits per heavy atom. The van der Waals surface area contributed by atoms with Crippen molar-refractivity contribution >= 4 is 11.6 Å². The third kappa shape index (κ3) is 5.25. The highest BCUT2D eigenvalue weighted by atomic mass is 16.5. The van der Waals surface area contributed by atoms with Gasteiger partial charge >= 0.3 is 0 Å². The molecule has 1 saturated heterocycles. The van der Waals surface area contributed by atoms with Gasteiger partial charge in [0.25, 0.3) is 5.91 Å². The molecule has 32 heavy (non-hydrogen) atoms. The lowest BCUT2D eigenvalue weighted by molar-refractivity contribution is 0.0886. The lowest BCUT2D eigenvalue weighted by atomic mass is 9.95. The lowest BCUT2D eigenvalue weighted by Crippen LogP contribution is -2.48. The van der Waals surface area contributed by atoms with E-state index in [4.69, 9.17) is 4.74 Å². The molecule has 172 valence electrons. The van der Waals surface area contributed by atoms with Gasteiger partial charge in [0.15, 0.2) is 0 Å². The van der Waals surface area contributed by atoms with Crippen LogP contribution in [0, 0.1) is 0 Å². The molecule has 1 amide bonds. The summed E-state index contributed by atoms with van der Waals surface area (Å²) in [5.41, 5.74) is 4.73. The predicted octanol–water partition coefficient (Wildman–Crippen LogP) is 3.19. The number of benzene rings is 2. The van der Waals surface area contributed by atoms with Crippen LogP contribution >= 0.6 is 0 Å². The third-order valence-electron chi connectivity index (χ3n) is 6.70. The number of likely N-dealkylation sites (N-methyl/N-ethyl adjacent to an activating group) is 1. The van der Waals surface area contributed by atoms with Crippen LogP contribution in [0.1, 0.15) is 40.9 Å². The van der Waals surface area contributed by atoms with E-state index in [1.165, 1.54) is 23.2 Å². The van der Waals surface area contributed by atoms with Gasteiger partial charge in [-0.3, -0.25) is 9.69 Å². The van der Waals surface area contributed by atoms with Crippen LogP contribution in [0.3, 0.4) is 0 Å². The molecule has 0 radical (unpaired) electrons. The lowest BCUT2D eigenvalue weighted by Gasteiger charge is -2.39. The Morgan fingerprint density at radius 2 is 1.78 bits per heavy atom. The fourth-order valence-electron chi connectivity index (χ4n) is 4.76. The second-order valence-corrected chi connectivity index (χ2v) is 8.94. The van der Waals surface area contributed by atoms with E-state index in [1.54, 1.807) is 0 Å². The van der Waals surface area contributed by atoms with Crippen molar-refractivity contribution in [1.29, 1.82) is 0 Å². The van der Waals surface area contributed by atoms with Crippen LogP contribution in [0.5, 0.6) is 5.75 Å². The molecule has 2 heterocycles. The van der Waals surface area contributed by atoms with Gasteiger partial charge in [-0.25, -0.2) is 0 Å². The van der Waals surface area contributed by atoms with Crippen LogP contribution < -0.4 is 15.0 Å². The summed E-state index contributed by atoms with van der Waals surface area (Å²) in [4.78, 5) is 20.1. The summed E-state index contributed by atoms with van der Waals surface area (Å²) in [6.45, 7) is 8.42. The van der Waals surface area contributed by atoms with Gasteiger partial charge in [0.05, 0.1) is 12.6 Å². The van der Waals surface area contributed by atoms with Gasteiger partial charge in [-0.1, -0.05) is 12.1 Å². The molecular formula is C26H36N4O2. The minimum atomic E-state index is -0.0372. The Kier molecular flexibility index (Phi) is 7.33. The molecule has 6 heteroatoms. The number of fused-ring (bicyclic) bond motifs is 1. The van der Waals surface area contributed by atoms with Crippen molar-refractivity contribution in [3.63, 3.8) is 0 Å². The summed E-state index contributed by atoms with van der Waals surface area (Å²) < 4.78 is 5.49. The Labute approximate surface area is 192 Å². The normalized spacial score (nSPS) is 18.2. The van der Waals surface area contributed by atoms with E-state index in [9.17, 15) is 4.79 Å². The van der Waals surface area contributed by atoms with E-state index in [0.717, 1.165) is 44.9 Å². The SMILES string of the molecule is CCOc1ccc(C(=O)NCC(c2ccc3c(c2)CCCN3C)N2CCN(C)CC2)cc1. The van der Waals surface area contributed by atoms with Crippen LogP contribution in [-0.4, -0.2) is 75.7 Å². The fraction of sp³-hybridized carbons (Fsp3) is 0.500. The Hall–Kier alpha value is -2.57. The second kappa shape index (κ2) is 10.4. The molecule has 2 aliphatic rings. The summed E-state index contributed by atoms with van der Waals surface area (Å²) in [6.07, 6.45) is 2.32. The average molecular weight is 437 g/mol. The number of hydrogen-bond donors (Lipinski definition) is 1. The number of nitrogens with one attached hydrogen (secondary N) is 1. The van der Waals surface area contributed by atoms with Gasteiger partial charge in [0.1, 0.15) is 5.75 Å². The van der Waals surface area contributed by atoms with Crippen LogP contribution in [0.25, 0.3) is 0 Å². The van der Waals surface area contributed by atoms with Crippen molar-refractivity contribution < 1.29 is 9.53 Å². The van der Waals surface area contributed by atoms with Crippen molar-refractivity contribution in [2.75, 3.05) is 64.9 Å². The molecule has 0 aromatic heterocycles. The number of rotatable bonds is 7. The van der Waals surface area contributed by atoms with Gasteiger partial charge in [0, 0.05) is 57.6 Å². The number of piperazine rings is 1. The minimum Gasteiger partial charge on any atom is -0.494 e. The van der Waals surface area contributed by atoms with E-state index >= 15 is 0 Å². The third-order valence-corrected chi connectivity index (χ3v) is 6.70. The molecule has 0 bridgehead atoms. The van der Waals surface area contributed by atoms with Crippen LogP contribution in [0.4, 0.5) is 5.69 Å². The number of carbonyl (C=O) groups is 1. The highest BCUT2D eigenvalue weighted by Gasteiger charge is 2.26. The maximum absolute atomic E-state index is 12.9. The van der Waals surface area contributed by atoms with Gasteiger partial charge < -0.3 is 19.9 Å². The Balaban J connectivity index is 1.50. The molecule has 0 spiro atoms. The molecule has 1 N–H and O–H groups in total. The van der Waals surface area contributed by atoms with Gasteiger partial charge in [-0.15, -0.1) is 0 Å². The Bertz CT molecular complexity index is 907. The largest absolute Gasteiger partial charge is 0.494 e. The van der Waals surface area contributed by atoms with Gasteiger partial charge in [-0.05, 0) is 68.3 Å². The van der Waals surface area contributed by atoms with Crippen molar-refractivity contribution in [3.8, 4) is 5.75 Å². The maximum Gasteiger partial charge on any atom is 0.251 e. The molecule has 0 saturated carbocycles. The molecule has 1 atom stereocenters. The molecule has 2 aromatic rings. The standard InChI is InChI=1S/C26H36N4O2/c1-4-32-23-10-7-20(8-11-23)26(31)27-19-25(30-16-14-28(2)15-17-30)22-9-12-24-21(18-22)6-5-13-29(24)3/h7-12,18,25H,4-6,13-17,19H2,1-3H3,(H,27,31). The Morgan fingerprint density at radius 3 is 2.50 bits per heavy atom. The number of amides is 1. The molecule has 1 unspecified atom stereocenters. The first-order valence-electron chi connectivity index (χ1n) is 11.8. The summed E-state index contributed by atoms with van der Waals surface area (Å²) in [7, 11) is 4.35. The summed E-state index contributed by atoms with van der Waals surface area (Å²) in [6, 6.07) is 14.4. The zero-order chi connectivity index (χ0) is 22.5. The number of aryl methyl sites for hydroxylation is 1. The number of nitrogens with zero attached hydrogens (tertiary/aromatic N) is 3. The summed E-state index contributed by atoms with van der Waals surface area (Å²) in [5.74, 6) is 0.753. The molecule has 6 nitrogen and oxygen atoms in total. The van der Waals surface area contributed by atoms with Crippen molar-refractivity contribution in [3.05, 3.63) is 59.2 Å². The summed E-state index contributed by atoms with van der Waals surface area (Å²) in [5, 5.41) is 3.20. The molecule has 2 aromatic carbocycles. The first-order valence-corrected chi connectivity index (χ1v) is 11.8. The first kappa shape index (κ1) is 22.6. The molecule has 4 rings (SSSR count). The van der Waals surface area contributed by atoms with Gasteiger partial charge in [0.2, 0.25) is 0 Å². The topological polar surface area (TPSA) is 48.1 Å². The van der Waals surface area contributed by atoms with Crippen molar-refractivity contribution in [2.45, 2.75) is 25.8 Å². The van der Waals surface area contributed by atoms with E-state index in [1.807, 2.05) is 31.2 Å². The average Bonchev–Trinajstić information content (AvgIpc) is 2.81. The van der Waals surface area contributed by atoms with Crippen LogP contribution in [0.15, 0.2) is 42.5 Å². The molecular weight excluding hydrogens is 400 g/mol. The van der Waals surface area contributed by atoms with Crippen molar-refractivity contribution in [2.24, 2.45) is 0 Å². The van der Waals surface area contributed by atoms with E-state index in [2.05, 4.69) is 52.3 Å². The number of hydrogen-bond acceptors (Lipinski definition) is 5. The highest BCUT2D eigenvalue weighted by molar-refractivity contribution is 5.94. The van der Waals surface area contributed by atoms with Crippen LogP contribution in [-0.2, 0) is 6.42 Å². The molecule has 2 aliphatic heterocycles. The maximum atomic E-state index is 12.9. The van der Waals surface area contributed by atoms with Crippen molar-refractivity contribution in [1.82, 2.24) is 15.1 Å². The number of ether oxygens (including phenoxy) is 1. The highest BCUT2D eigenvalue weighted by Crippen LogP contribution is 2.31. The number of carbonyl (C=O) groups excluding carboxylic acids is 1. The minimum absolute atomic E-state index is 0.0372. The van der Waals surface area contributed by atoms with E-state index < -0.39 is 0 Å². The summed E-state index contributed by atoms with van der Waals surface area (Å²) >= 11 is 0. The smallest absolute Gasteiger partial charge is 0.251 e. The second-order valence-electron chi connectivity index (χ2n) is 8.94. The zero-order valence-electron chi connectivity index (χ0n) is 19.6. The quantitative estimate of drug-likeness (QED) is 0.722. The predicted molar refractivity (Wildman–Crippen MR) is 130 cm³/mol. The number of anilines is 1. The molecule has 0 aliphatic carbocycles. The van der Waals surface area contributed by atoms with E-state index in [-0.39, 0.29) is 11.9 Å². The van der Waals surface area contributed by atoms with E-state index in [0.29, 0.717) is 18.7 Å². The molecule has 1 fully saturated rings. The first-order chi connectivity index (χ1) is 15.5. The zero-order valence-corrected chi connectivity index (χ0v) is 19.6. The van der Waals surface area contributed by atoms with Gasteiger partial charge in [-0.2, -0.15) is 0 Å². The monoisotopic (exact) mass is 436 g/mol.